The molecular weight excluding hydrogens is 224 g/mol. The fraction of sp³-hybridized carbons (Fsp3) is 0.467. The van der Waals surface area contributed by atoms with Gasteiger partial charge in [0.1, 0.15) is 0 Å². The van der Waals surface area contributed by atoms with Crippen LogP contribution in [0.15, 0.2) is 24.3 Å². The van der Waals surface area contributed by atoms with E-state index in [-0.39, 0.29) is 12.6 Å². The lowest BCUT2D eigenvalue weighted by atomic mass is 9.92. The predicted octanol–water partition coefficient (Wildman–Crippen LogP) is 2.52. The Bertz CT molecular complexity index is 546. The molecule has 2 aromatic rings. The minimum absolute atomic E-state index is 0.188. The third-order valence-corrected chi connectivity index (χ3v) is 3.88. The van der Waals surface area contributed by atoms with Crippen LogP contribution in [0.25, 0.3) is 10.9 Å². The van der Waals surface area contributed by atoms with Crippen molar-refractivity contribution in [1.82, 2.24) is 10.3 Å². The molecule has 3 N–H and O–H groups in total. The minimum Gasteiger partial charge on any atom is -0.395 e. The minimum atomic E-state index is 0.188. The fourth-order valence-corrected chi connectivity index (χ4v) is 3.05. The molecule has 0 bridgehead atoms. The molecule has 1 aromatic carbocycles. The molecule has 0 saturated carbocycles. The van der Waals surface area contributed by atoms with Gasteiger partial charge >= 0.3 is 0 Å². The van der Waals surface area contributed by atoms with E-state index in [1.807, 2.05) is 0 Å². The van der Waals surface area contributed by atoms with Gasteiger partial charge in [0.15, 0.2) is 0 Å². The highest BCUT2D eigenvalue weighted by Gasteiger charge is 2.28. The Morgan fingerprint density at radius 1 is 1.33 bits per heavy atom. The quantitative estimate of drug-likeness (QED) is 0.777. The predicted molar refractivity (Wildman–Crippen MR) is 73.7 cm³/mol. The van der Waals surface area contributed by atoms with E-state index in [1.165, 1.54) is 22.2 Å². The van der Waals surface area contributed by atoms with Crippen LogP contribution in [0.2, 0.25) is 0 Å². The number of aliphatic hydroxyl groups is 1. The van der Waals surface area contributed by atoms with Crippen molar-refractivity contribution in [3.63, 3.8) is 0 Å². The maximum atomic E-state index is 9.44. The Hall–Kier alpha value is -1.32. The monoisotopic (exact) mass is 244 g/mol. The molecule has 3 nitrogen and oxygen atoms in total. The first-order chi connectivity index (χ1) is 8.83. The molecular formula is C15H20N2O. The zero-order valence-corrected chi connectivity index (χ0v) is 10.7. The third kappa shape index (κ3) is 1.84. The number of fused-ring (bicyclic) bond motifs is 3. The second-order valence-electron chi connectivity index (χ2n) is 5.15. The first-order valence-electron chi connectivity index (χ1n) is 6.80. The number of nitrogens with one attached hydrogen (secondary N) is 2. The van der Waals surface area contributed by atoms with Gasteiger partial charge in [-0.05, 0) is 24.5 Å². The summed E-state index contributed by atoms with van der Waals surface area (Å²) in [5, 5.41) is 14.3. The number of aromatic nitrogens is 1. The standard InChI is InChI=1S/C15H20N2O/c1-2-5-14-15-12(8-10(9-18)16-14)11-6-3-4-7-13(11)17-15/h3-4,6-7,10,14,16-18H,2,5,8-9H2,1H3. The second kappa shape index (κ2) is 4.75. The molecule has 0 saturated heterocycles. The summed E-state index contributed by atoms with van der Waals surface area (Å²) in [4.78, 5) is 3.55. The highest BCUT2D eigenvalue weighted by Crippen LogP contribution is 2.33. The van der Waals surface area contributed by atoms with E-state index in [9.17, 15) is 5.11 Å². The first kappa shape index (κ1) is 11.8. The van der Waals surface area contributed by atoms with Crippen molar-refractivity contribution >= 4 is 10.9 Å². The second-order valence-corrected chi connectivity index (χ2v) is 5.15. The summed E-state index contributed by atoms with van der Waals surface area (Å²) in [7, 11) is 0. The Kier molecular flexibility index (Phi) is 3.10. The zero-order valence-electron chi connectivity index (χ0n) is 10.7. The summed E-state index contributed by atoms with van der Waals surface area (Å²) < 4.78 is 0. The van der Waals surface area contributed by atoms with Gasteiger partial charge in [0.25, 0.3) is 0 Å². The van der Waals surface area contributed by atoms with Crippen LogP contribution in [-0.4, -0.2) is 22.7 Å². The van der Waals surface area contributed by atoms with Crippen LogP contribution < -0.4 is 5.32 Å². The van der Waals surface area contributed by atoms with E-state index in [4.69, 9.17) is 0 Å². The fourth-order valence-electron chi connectivity index (χ4n) is 3.05. The Morgan fingerprint density at radius 2 is 2.17 bits per heavy atom. The van der Waals surface area contributed by atoms with Gasteiger partial charge in [0.05, 0.1) is 6.61 Å². The van der Waals surface area contributed by atoms with Crippen LogP contribution in [0.1, 0.15) is 37.1 Å². The van der Waals surface area contributed by atoms with Crippen LogP contribution >= 0.6 is 0 Å². The molecule has 3 rings (SSSR count). The molecule has 2 atom stereocenters. The summed E-state index contributed by atoms with van der Waals surface area (Å²) in [6.07, 6.45) is 3.16. The van der Waals surface area contributed by atoms with Crippen LogP contribution in [0, 0.1) is 0 Å². The van der Waals surface area contributed by atoms with Gasteiger partial charge in [-0.15, -0.1) is 0 Å². The van der Waals surface area contributed by atoms with Crippen molar-refractivity contribution in [2.24, 2.45) is 0 Å². The maximum absolute atomic E-state index is 9.44. The van der Waals surface area contributed by atoms with Crippen molar-refractivity contribution in [3.8, 4) is 0 Å². The smallest absolute Gasteiger partial charge is 0.0588 e. The molecule has 0 amide bonds. The first-order valence-corrected chi connectivity index (χ1v) is 6.80. The Balaban J connectivity index is 2.10. The van der Waals surface area contributed by atoms with Gasteiger partial charge < -0.3 is 15.4 Å². The molecule has 1 aliphatic rings. The maximum Gasteiger partial charge on any atom is 0.0588 e. The van der Waals surface area contributed by atoms with E-state index in [0.717, 1.165) is 19.3 Å². The molecule has 18 heavy (non-hydrogen) atoms. The topological polar surface area (TPSA) is 48.0 Å². The molecule has 2 unspecified atom stereocenters. The number of hydrogen-bond donors (Lipinski definition) is 3. The van der Waals surface area contributed by atoms with Crippen LogP contribution in [-0.2, 0) is 6.42 Å². The summed E-state index contributed by atoms with van der Waals surface area (Å²) in [6.45, 7) is 2.41. The molecule has 0 aliphatic carbocycles. The van der Waals surface area contributed by atoms with Gasteiger partial charge in [-0.1, -0.05) is 31.5 Å². The lowest BCUT2D eigenvalue weighted by Gasteiger charge is -2.30. The summed E-state index contributed by atoms with van der Waals surface area (Å²) in [6, 6.07) is 8.99. The molecule has 0 fully saturated rings. The number of para-hydroxylation sites is 1. The third-order valence-electron chi connectivity index (χ3n) is 3.88. The largest absolute Gasteiger partial charge is 0.395 e. The highest BCUT2D eigenvalue weighted by atomic mass is 16.3. The van der Waals surface area contributed by atoms with E-state index in [2.05, 4.69) is 41.5 Å². The number of rotatable bonds is 3. The molecule has 0 spiro atoms. The Morgan fingerprint density at radius 3 is 2.94 bits per heavy atom. The molecule has 1 aromatic heterocycles. The number of hydrogen-bond acceptors (Lipinski definition) is 2. The normalized spacial score (nSPS) is 23.2. The van der Waals surface area contributed by atoms with E-state index in [0.29, 0.717) is 6.04 Å². The van der Waals surface area contributed by atoms with Gasteiger partial charge in [0, 0.05) is 28.7 Å². The van der Waals surface area contributed by atoms with Crippen LogP contribution in [0.5, 0.6) is 0 Å². The van der Waals surface area contributed by atoms with E-state index in [1.54, 1.807) is 0 Å². The average molecular weight is 244 g/mol. The SMILES string of the molecule is CCCC1NC(CO)Cc2c1[nH]c1ccccc21. The van der Waals surface area contributed by atoms with Crippen molar-refractivity contribution in [2.75, 3.05) is 6.61 Å². The number of H-pyrrole nitrogens is 1. The summed E-state index contributed by atoms with van der Waals surface area (Å²) in [5.41, 5.74) is 3.92. The van der Waals surface area contributed by atoms with E-state index < -0.39 is 0 Å². The number of aliphatic hydroxyl groups excluding tert-OH is 1. The van der Waals surface area contributed by atoms with E-state index >= 15 is 0 Å². The van der Waals surface area contributed by atoms with Gasteiger partial charge in [-0.25, -0.2) is 0 Å². The van der Waals surface area contributed by atoms with Crippen molar-refractivity contribution in [3.05, 3.63) is 35.5 Å². The molecule has 2 heterocycles. The lowest BCUT2D eigenvalue weighted by molar-refractivity contribution is 0.219. The molecule has 1 aliphatic heterocycles. The highest BCUT2D eigenvalue weighted by molar-refractivity contribution is 5.85. The summed E-state index contributed by atoms with van der Waals surface area (Å²) in [5.74, 6) is 0. The van der Waals surface area contributed by atoms with Crippen LogP contribution in [0.4, 0.5) is 0 Å². The molecule has 3 heteroatoms. The van der Waals surface area contributed by atoms with Crippen molar-refractivity contribution in [2.45, 2.75) is 38.3 Å². The van der Waals surface area contributed by atoms with Crippen molar-refractivity contribution in [1.29, 1.82) is 0 Å². The van der Waals surface area contributed by atoms with Crippen molar-refractivity contribution < 1.29 is 5.11 Å². The number of aromatic amines is 1. The average Bonchev–Trinajstić information content (AvgIpc) is 2.78. The van der Waals surface area contributed by atoms with Gasteiger partial charge in [-0.2, -0.15) is 0 Å². The molecule has 0 radical (unpaired) electrons. The molecule has 96 valence electrons. The van der Waals surface area contributed by atoms with Gasteiger partial charge in [-0.3, -0.25) is 0 Å². The number of benzene rings is 1. The zero-order chi connectivity index (χ0) is 12.5. The Labute approximate surface area is 107 Å². The summed E-state index contributed by atoms with van der Waals surface area (Å²) >= 11 is 0. The van der Waals surface area contributed by atoms with Crippen LogP contribution in [0.3, 0.4) is 0 Å². The van der Waals surface area contributed by atoms with Gasteiger partial charge in [0.2, 0.25) is 0 Å². The lowest BCUT2D eigenvalue weighted by Crippen LogP contribution is -2.41.